The van der Waals surface area contributed by atoms with Crippen LogP contribution < -0.4 is 0 Å². The number of hydrogen-bond donors (Lipinski definition) is 1. The molecule has 0 saturated carbocycles. The molecule has 1 heterocycles. The van der Waals surface area contributed by atoms with Crippen molar-refractivity contribution in [3.63, 3.8) is 0 Å². The zero-order chi connectivity index (χ0) is 13.5. The second-order valence-electron chi connectivity index (χ2n) is 5.48. The first-order valence-electron chi connectivity index (χ1n) is 6.81. The largest absolute Gasteiger partial charge is 0.508 e. The van der Waals surface area contributed by atoms with E-state index in [0.717, 1.165) is 25.8 Å². The monoisotopic (exact) mass is 281 g/mol. The normalized spacial score (nSPS) is 26.8. The Hall–Kier alpha value is -1.07. The summed E-state index contributed by atoms with van der Waals surface area (Å²) in [6.45, 7) is 1.48. The van der Waals surface area contributed by atoms with E-state index in [1.165, 1.54) is 11.1 Å². The highest BCUT2D eigenvalue weighted by Crippen LogP contribution is 2.37. The Labute approximate surface area is 114 Å². The van der Waals surface area contributed by atoms with Crippen LogP contribution in [-0.2, 0) is 16.3 Å². The molecule has 1 fully saturated rings. The summed E-state index contributed by atoms with van der Waals surface area (Å²) < 4.78 is 23.3. The smallest absolute Gasteiger partial charge is 0.151 e. The van der Waals surface area contributed by atoms with Crippen molar-refractivity contribution in [2.75, 3.05) is 24.6 Å². The van der Waals surface area contributed by atoms with Crippen LogP contribution in [0.5, 0.6) is 5.75 Å². The molecule has 0 radical (unpaired) electrons. The lowest BCUT2D eigenvalue weighted by atomic mass is 10.1. The van der Waals surface area contributed by atoms with Gasteiger partial charge in [0.05, 0.1) is 11.5 Å². The fraction of sp³-hybridized carbons (Fsp3) is 0.571. The first-order valence-corrected chi connectivity index (χ1v) is 8.63. The molecule has 1 unspecified atom stereocenters. The number of aryl methyl sites for hydroxylation is 1. The molecule has 1 atom stereocenters. The molecule has 19 heavy (non-hydrogen) atoms. The van der Waals surface area contributed by atoms with Gasteiger partial charge in [-0.3, -0.25) is 4.90 Å². The van der Waals surface area contributed by atoms with E-state index in [2.05, 4.69) is 4.90 Å². The number of hydrogen-bond acceptors (Lipinski definition) is 4. The molecule has 104 valence electrons. The van der Waals surface area contributed by atoms with Gasteiger partial charge in [0.1, 0.15) is 5.75 Å². The van der Waals surface area contributed by atoms with Gasteiger partial charge < -0.3 is 5.11 Å². The van der Waals surface area contributed by atoms with Gasteiger partial charge >= 0.3 is 0 Å². The molecule has 3 rings (SSSR count). The predicted molar refractivity (Wildman–Crippen MR) is 74.0 cm³/mol. The molecule has 1 aromatic carbocycles. The van der Waals surface area contributed by atoms with Crippen LogP contribution in [-0.4, -0.2) is 43.0 Å². The van der Waals surface area contributed by atoms with E-state index >= 15 is 0 Å². The minimum absolute atomic E-state index is 0.275. The molecule has 1 N–H and O–H groups in total. The average Bonchev–Trinajstić information content (AvgIpc) is 2.67. The summed E-state index contributed by atoms with van der Waals surface area (Å²) in [5, 5.41) is 9.51. The maximum Gasteiger partial charge on any atom is 0.151 e. The molecular formula is C14H19NO3S. The number of fused-ring (bicyclic) bond motifs is 1. The molecule has 0 spiro atoms. The third kappa shape index (κ3) is 2.62. The molecule has 1 saturated heterocycles. The van der Waals surface area contributed by atoms with Crippen molar-refractivity contribution in [3.05, 3.63) is 29.3 Å². The SMILES string of the molecule is O=S1(=O)CCCN(C2CCc3cc(O)ccc32)CC1. The number of aromatic hydroxyl groups is 1. The molecule has 0 amide bonds. The summed E-state index contributed by atoms with van der Waals surface area (Å²) in [6, 6.07) is 5.88. The van der Waals surface area contributed by atoms with Crippen LogP contribution in [0.3, 0.4) is 0 Å². The Balaban J connectivity index is 1.82. The zero-order valence-electron chi connectivity index (χ0n) is 10.9. The molecule has 0 bridgehead atoms. The number of benzene rings is 1. The van der Waals surface area contributed by atoms with E-state index in [4.69, 9.17) is 0 Å². The minimum Gasteiger partial charge on any atom is -0.508 e. The first kappa shape index (κ1) is 12.9. The lowest BCUT2D eigenvalue weighted by Crippen LogP contribution is -2.30. The van der Waals surface area contributed by atoms with E-state index < -0.39 is 9.84 Å². The standard InChI is InChI=1S/C14H19NO3S/c16-12-3-4-13-11(10-12)2-5-14(13)15-6-1-8-19(17,18)9-7-15/h3-4,10,14,16H,1-2,5-9H2. The Morgan fingerprint density at radius 2 is 2.05 bits per heavy atom. The van der Waals surface area contributed by atoms with Crippen molar-refractivity contribution in [3.8, 4) is 5.75 Å². The summed E-state index contributed by atoms with van der Waals surface area (Å²) >= 11 is 0. The van der Waals surface area contributed by atoms with Crippen molar-refractivity contribution < 1.29 is 13.5 Å². The second-order valence-corrected chi connectivity index (χ2v) is 7.78. The van der Waals surface area contributed by atoms with E-state index in [1.807, 2.05) is 12.1 Å². The molecule has 1 aliphatic carbocycles. The van der Waals surface area contributed by atoms with Crippen LogP contribution in [0.4, 0.5) is 0 Å². The molecule has 2 aliphatic rings. The van der Waals surface area contributed by atoms with E-state index in [9.17, 15) is 13.5 Å². The fourth-order valence-electron chi connectivity index (χ4n) is 3.23. The van der Waals surface area contributed by atoms with Gasteiger partial charge in [0.25, 0.3) is 0 Å². The zero-order valence-corrected chi connectivity index (χ0v) is 11.7. The van der Waals surface area contributed by atoms with Crippen LogP contribution in [0.25, 0.3) is 0 Å². The van der Waals surface area contributed by atoms with Gasteiger partial charge in [0.2, 0.25) is 0 Å². The van der Waals surface area contributed by atoms with Crippen LogP contribution in [0, 0.1) is 0 Å². The molecular weight excluding hydrogens is 262 g/mol. The Morgan fingerprint density at radius 3 is 2.89 bits per heavy atom. The molecule has 5 heteroatoms. The minimum atomic E-state index is -2.85. The summed E-state index contributed by atoms with van der Waals surface area (Å²) in [5.74, 6) is 0.910. The van der Waals surface area contributed by atoms with Crippen molar-refractivity contribution in [1.29, 1.82) is 0 Å². The van der Waals surface area contributed by atoms with Gasteiger partial charge in [-0.2, -0.15) is 0 Å². The topological polar surface area (TPSA) is 57.6 Å². The van der Waals surface area contributed by atoms with Gasteiger partial charge in [-0.1, -0.05) is 6.07 Å². The van der Waals surface area contributed by atoms with E-state index in [-0.39, 0.29) is 5.75 Å². The highest BCUT2D eigenvalue weighted by Gasteiger charge is 2.30. The Morgan fingerprint density at radius 1 is 1.21 bits per heavy atom. The number of rotatable bonds is 1. The Kier molecular flexibility index (Phi) is 3.27. The highest BCUT2D eigenvalue weighted by atomic mass is 32.2. The van der Waals surface area contributed by atoms with Crippen LogP contribution >= 0.6 is 0 Å². The van der Waals surface area contributed by atoms with Crippen molar-refractivity contribution in [2.24, 2.45) is 0 Å². The van der Waals surface area contributed by atoms with Gasteiger partial charge in [0, 0.05) is 12.6 Å². The maximum absolute atomic E-state index is 11.7. The third-order valence-corrected chi connectivity index (χ3v) is 5.92. The van der Waals surface area contributed by atoms with Crippen LogP contribution in [0.1, 0.15) is 30.0 Å². The van der Waals surface area contributed by atoms with Crippen LogP contribution in [0.2, 0.25) is 0 Å². The lowest BCUT2D eigenvalue weighted by molar-refractivity contribution is 0.212. The quantitative estimate of drug-likeness (QED) is 0.847. The maximum atomic E-state index is 11.7. The second kappa shape index (κ2) is 4.80. The number of phenols is 1. The van der Waals surface area contributed by atoms with E-state index in [0.29, 0.717) is 24.1 Å². The van der Waals surface area contributed by atoms with Gasteiger partial charge in [0.15, 0.2) is 9.84 Å². The van der Waals surface area contributed by atoms with Gasteiger partial charge in [-0.25, -0.2) is 8.42 Å². The van der Waals surface area contributed by atoms with E-state index in [1.54, 1.807) is 6.07 Å². The van der Waals surface area contributed by atoms with Crippen molar-refractivity contribution >= 4 is 9.84 Å². The number of sulfone groups is 1. The predicted octanol–water partition coefficient (Wildman–Crippen LogP) is 1.50. The summed E-state index contributed by atoms with van der Waals surface area (Å²) in [4.78, 5) is 2.30. The fourth-order valence-corrected chi connectivity index (χ4v) is 4.52. The van der Waals surface area contributed by atoms with Crippen molar-refractivity contribution in [2.45, 2.75) is 25.3 Å². The molecule has 4 nitrogen and oxygen atoms in total. The van der Waals surface area contributed by atoms with Crippen molar-refractivity contribution in [1.82, 2.24) is 4.90 Å². The molecule has 1 aliphatic heterocycles. The van der Waals surface area contributed by atoms with Crippen LogP contribution in [0.15, 0.2) is 18.2 Å². The summed E-state index contributed by atoms with van der Waals surface area (Å²) in [5.41, 5.74) is 2.47. The lowest BCUT2D eigenvalue weighted by Gasteiger charge is -2.27. The van der Waals surface area contributed by atoms with Gasteiger partial charge in [-0.15, -0.1) is 0 Å². The van der Waals surface area contributed by atoms with Gasteiger partial charge in [-0.05, 0) is 49.1 Å². The third-order valence-electron chi connectivity index (χ3n) is 4.20. The summed E-state index contributed by atoms with van der Waals surface area (Å²) in [6.07, 6.45) is 2.72. The molecule has 0 aromatic heterocycles. The number of phenolic OH excluding ortho intramolecular Hbond substituents is 1. The molecule has 1 aromatic rings. The first-order chi connectivity index (χ1) is 9.05. The highest BCUT2D eigenvalue weighted by molar-refractivity contribution is 7.91. The summed E-state index contributed by atoms with van der Waals surface area (Å²) in [7, 11) is -2.85. The Bertz CT molecular complexity index is 582. The number of nitrogens with zero attached hydrogens (tertiary/aromatic N) is 1. The average molecular weight is 281 g/mol.